The van der Waals surface area contributed by atoms with Gasteiger partial charge in [0, 0.05) is 13.3 Å². The lowest BCUT2D eigenvalue weighted by Gasteiger charge is -2.38. The van der Waals surface area contributed by atoms with E-state index in [4.69, 9.17) is 28.9 Å². The van der Waals surface area contributed by atoms with Gasteiger partial charge in [-0.15, -0.1) is 0 Å². The summed E-state index contributed by atoms with van der Waals surface area (Å²) in [6, 6.07) is 1.43. The number of ether oxygens (including phenoxy) is 5. The monoisotopic (exact) mass is 425 g/mol. The highest BCUT2D eigenvalue weighted by Crippen LogP contribution is 2.44. The van der Waals surface area contributed by atoms with Crippen molar-refractivity contribution in [3.05, 3.63) is 22.7 Å². The number of nitrogens with one attached hydrogen (secondary N) is 1. The minimum Gasteiger partial charge on any atom is -0.462 e. The Labute approximate surface area is 173 Å². The standard InChI is InChI=1S/C19H27N3O8/c1-18(2)29-13-11(9-27-16(23)19(10-26-3)6-4-7-19)28-15(14(13)30-18)22-8-5-12(21-25)20-17(22)24/h5,8,11,13-15,25H,4,6-7,9-10H2,1-3H3,(H,20,21,24)/t11-,13-,14-,15-/m1/s1. The smallest absolute Gasteiger partial charge is 0.351 e. The first-order chi connectivity index (χ1) is 14.3. The van der Waals surface area contributed by atoms with E-state index >= 15 is 0 Å². The van der Waals surface area contributed by atoms with Gasteiger partial charge in [-0.1, -0.05) is 6.42 Å². The third kappa shape index (κ3) is 3.71. The zero-order valence-electron chi connectivity index (χ0n) is 17.2. The maximum atomic E-state index is 12.7. The van der Waals surface area contributed by atoms with E-state index in [9.17, 15) is 9.59 Å². The van der Waals surface area contributed by atoms with Gasteiger partial charge in [-0.2, -0.15) is 4.98 Å². The molecule has 4 rings (SSSR count). The van der Waals surface area contributed by atoms with E-state index in [0.29, 0.717) is 6.61 Å². The van der Waals surface area contributed by atoms with Gasteiger partial charge in [0.05, 0.1) is 12.0 Å². The van der Waals surface area contributed by atoms with Gasteiger partial charge >= 0.3 is 11.7 Å². The Bertz CT molecular complexity index is 852. The molecule has 0 aromatic carbocycles. The van der Waals surface area contributed by atoms with Gasteiger partial charge < -0.3 is 23.7 Å². The Balaban J connectivity index is 1.50. The number of aromatic nitrogens is 2. The molecule has 0 radical (unpaired) electrons. The van der Waals surface area contributed by atoms with Crippen LogP contribution < -0.4 is 11.2 Å². The lowest BCUT2D eigenvalue weighted by atomic mass is 9.69. The Kier molecular flexibility index (Phi) is 5.58. The van der Waals surface area contributed by atoms with Crippen LogP contribution in [0.5, 0.6) is 0 Å². The summed E-state index contributed by atoms with van der Waals surface area (Å²) < 4.78 is 30.0. The van der Waals surface area contributed by atoms with Gasteiger partial charge in [0.2, 0.25) is 0 Å². The van der Waals surface area contributed by atoms with Crippen LogP contribution in [0.1, 0.15) is 39.3 Å². The molecule has 1 aromatic rings. The van der Waals surface area contributed by atoms with E-state index in [-0.39, 0.29) is 18.4 Å². The molecule has 1 aromatic heterocycles. The molecule has 0 bridgehead atoms. The fourth-order valence-corrected chi connectivity index (χ4v) is 4.28. The van der Waals surface area contributed by atoms with E-state index in [1.54, 1.807) is 21.0 Å². The molecule has 3 fully saturated rings. The van der Waals surface area contributed by atoms with Gasteiger partial charge in [-0.05, 0) is 32.8 Å². The fourth-order valence-electron chi connectivity index (χ4n) is 4.28. The molecule has 11 nitrogen and oxygen atoms in total. The van der Waals surface area contributed by atoms with Crippen molar-refractivity contribution in [2.24, 2.45) is 5.41 Å². The van der Waals surface area contributed by atoms with Crippen LogP contribution in [0, 0.1) is 5.41 Å². The summed E-state index contributed by atoms with van der Waals surface area (Å²) in [7, 11) is 1.57. The van der Waals surface area contributed by atoms with Gasteiger partial charge in [-0.3, -0.25) is 20.0 Å². The van der Waals surface area contributed by atoms with Crippen LogP contribution in [-0.2, 0) is 28.5 Å². The highest BCUT2D eigenvalue weighted by atomic mass is 16.8. The highest BCUT2D eigenvalue weighted by molar-refractivity contribution is 5.78. The minimum atomic E-state index is -0.880. The highest BCUT2D eigenvalue weighted by Gasteiger charge is 2.57. The molecule has 1 aliphatic carbocycles. The number of carbonyl (C=O) groups is 1. The summed E-state index contributed by atoms with van der Waals surface area (Å²) in [4.78, 5) is 28.8. The number of hydrogen-bond acceptors (Lipinski definition) is 10. The summed E-state index contributed by atoms with van der Waals surface area (Å²) >= 11 is 0. The summed E-state index contributed by atoms with van der Waals surface area (Å²) in [5.74, 6) is -1.17. The van der Waals surface area contributed by atoms with Crippen molar-refractivity contribution in [1.29, 1.82) is 0 Å². The SMILES string of the molecule is COCC1(C(=O)OC[C@H]2O[C@@H](n3ccc(NO)nc3=O)[C@@H]3OC(C)(C)O[C@@H]32)CCC1. The van der Waals surface area contributed by atoms with Crippen LogP contribution in [0.15, 0.2) is 17.1 Å². The Morgan fingerprint density at radius 3 is 2.70 bits per heavy atom. The summed E-state index contributed by atoms with van der Waals surface area (Å²) in [6.45, 7) is 3.84. The van der Waals surface area contributed by atoms with E-state index < -0.39 is 41.4 Å². The maximum absolute atomic E-state index is 12.7. The predicted molar refractivity (Wildman–Crippen MR) is 101 cm³/mol. The lowest BCUT2D eigenvalue weighted by Crippen LogP contribution is -2.44. The number of esters is 1. The van der Waals surface area contributed by atoms with Crippen LogP contribution in [0.4, 0.5) is 5.82 Å². The largest absolute Gasteiger partial charge is 0.462 e. The van der Waals surface area contributed by atoms with Crippen molar-refractivity contribution >= 4 is 11.8 Å². The van der Waals surface area contributed by atoms with E-state index in [0.717, 1.165) is 19.3 Å². The molecule has 1 saturated carbocycles. The first-order valence-corrected chi connectivity index (χ1v) is 9.95. The molecular weight excluding hydrogens is 398 g/mol. The Morgan fingerprint density at radius 2 is 2.10 bits per heavy atom. The van der Waals surface area contributed by atoms with Gasteiger partial charge in [0.1, 0.15) is 24.9 Å². The zero-order valence-corrected chi connectivity index (χ0v) is 17.2. The number of nitrogens with zero attached hydrogens (tertiary/aromatic N) is 2. The lowest BCUT2D eigenvalue weighted by molar-refractivity contribution is -0.205. The van der Waals surface area contributed by atoms with Gasteiger partial charge in [0.15, 0.2) is 17.8 Å². The number of rotatable bonds is 7. The molecule has 30 heavy (non-hydrogen) atoms. The molecule has 0 unspecified atom stereocenters. The molecule has 2 saturated heterocycles. The van der Waals surface area contributed by atoms with Gasteiger partial charge in [-0.25, -0.2) is 4.79 Å². The average molecular weight is 425 g/mol. The number of methoxy groups -OCH3 is 1. The number of fused-ring (bicyclic) bond motifs is 1. The van der Waals surface area contributed by atoms with Crippen molar-refractivity contribution in [2.75, 3.05) is 25.8 Å². The maximum Gasteiger partial charge on any atom is 0.351 e. The molecule has 11 heteroatoms. The molecule has 2 aliphatic heterocycles. The molecule has 0 amide bonds. The summed E-state index contributed by atoms with van der Waals surface area (Å²) in [5.41, 5.74) is 0.615. The Morgan fingerprint density at radius 1 is 1.37 bits per heavy atom. The third-order valence-electron chi connectivity index (χ3n) is 5.89. The van der Waals surface area contributed by atoms with E-state index in [1.807, 2.05) is 5.48 Å². The van der Waals surface area contributed by atoms with Crippen molar-refractivity contribution < 1.29 is 33.7 Å². The third-order valence-corrected chi connectivity index (χ3v) is 5.89. The Hall–Kier alpha value is -2.05. The fraction of sp³-hybridized carbons (Fsp3) is 0.737. The number of hydrogen-bond donors (Lipinski definition) is 2. The second-order valence-corrected chi connectivity index (χ2v) is 8.41. The van der Waals surface area contributed by atoms with E-state index in [1.165, 1.54) is 16.8 Å². The quantitative estimate of drug-likeness (QED) is 0.478. The topological polar surface area (TPSA) is 130 Å². The van der Waals surface area contributed by atoms with Crippen LogP contribution in [-0.4, -0.2) is 65.2 Å². The van der Waals surface area contributed by atoms with Crippen LogP contribution in [0.25, 0.3) is 0 Å². The first-order valence-electron chi connectivity index (χ1n) is 9.95. The van der Waals surface area contributed by atoms with E-state index in [2.05, 4.69) is 4.98 Å². The van der Waals surface area contributed by atoms with Crippen molar-refractivity contribution in [2.45, 2.75) is 63.4 Å². The molecule has 4 atom stereocenters. The second-order valence-electron chi connectivity index (χ2n) is 8.41. The van der Waals surface area contributed by atoms with Crippen LogP contribution in [0.3, 0.4) is 0 Å². The molecule has 2 N–H and O–H groups in total. The molecule has 166 valence electrons. The predicted octanol–water partition coefficient (Wildman–Crippen LogP) is 0.822. The van der Waals surface area contributed by atoms with Crippen molar-refractivity contribution in [1.82, 2.24) is 9.55 Å². The average Bonchev–Trinajstić information content (AvgIpc) is 3.15. The normalized spacial score (nSPS) is 31.1. The minimum absolute atomic E-state index is 0.0177. The molecule has 3 aliphatic rings. The van der Waals surface area contributed by atoms with Gasteiger partial charge in [0.25, 0.3) is 0 Å². The first kappa shape index (κ1) is 21.2. The second kappa shape index (κ2) is 7.89. The molecular formula is C19H27N3O8. The van der Waals surface area contributed by atoms with Crippen molar-refractivity contribution in [3.8, 4) is 0 Å². The van der Waals surface area contributed by atoms with Crippen molar-refractivity contribution in [3.63, 3.8) is 0 Å². The molecule has 3 heterocycles. The van der Waals surface area contributed by atoms with Crippen LogP contribution >= 0.6 is 0 Å². The summed E-state index contributed by atoms with van der Waals surface area (Å²) in [6.07, 6.45) is 1.33. The number of anilines is 1. The summed E-state index contributed by atoms with van der Waals surface area (Å²) in [5, 5.41) is 8.94. The molecule has 0 spiro atoms. The van der Waals surface area contributed by atoms with Crippen LogP contribution in [0.2, 0.25) is 0 Å². The zero-order chi connectivity index (χ0) is 21.5. The number of carbonyl (C=O) groups excluding carboxylic acids is 1.